The highest BCUT2D eigenvalue weighted by molar-refractivity contribution is 4.83. The van der Waals surface area contributed by atoms with Crippen molar-refractivity contribution in [1.82, 2.24) is 5.43 Å². The second kappa shape index (κ2) is 4.80. The molecule has 72 valence electrons. The molecule has 0 amide bonds. The summed E-state index contributed by atoms with van der Waals surface area (Å²) in [5.74, 6) is 6.37. The molecule has 0 aromatic heterocycles. The molecule has 1 aliphatic rings. The van der Waals surface area contributed by atoms with Crippen LogP contribution in [0.4, 0.5) is 0 Å². The second-order valence-electron chi connectivity index (χ2n) is 3.63. The van der Waals surface area contributed by atoms with Gasteiger partial charge in [0.15, 0.2) is 0 Å². The van der Waals surface area contributed by atoms with Crippen LogP contribution in [-0.2, 0) is 4.74 Å². The van der Waals surface area contributed by atoms with Crippen molar-refractivity contribution in [3.63, 3.8) is 0 Å². The molecule has 12 heavy (non-hydrogen) atoms. The van der Waals surface area contributed by atoms with Gasteiger partial charge in [-0.2, -0.15) is 0 Å². The predicted octanol–water partition coefficient (Wildman–Crippen LogP) is 1.04. The minimum atomic E-state index is 0.274. The Morgan fingerprint density at radius 1 is 1.58 bits per heavy atom. The van der Waals surface area contributed by atoms with Crippen LogP contribution in [-0.4, -0.2) is 19.3 Å². The first-order valence-corrected chi connectivity index (χ1v) is 4.80. The molecule has 0 radical (unpaired) electrons. The van der Waals surface area contributed by atoms with Crippen molar-refractivity contribution in [2.45, 2.75) is 44.8 Å². The number of hydrogen-bond donors (Lipinski definition) is 2. The number of hydrazine groups is 1. The van der Waals surface area contributed by atoms with Crippen LogP contribution in [0.15, 0.2) is 0 Å². The zero-order chi connectivity index (χ0) is 8.97. The Hall–Kier alpha value is -0.120. The summed E-state index contributed by atoms with van der Waals surface area (Å²) in [5, 5.41) is 0. The smallest absolute Gasteiger partial charge is 0.0735 e. The summed E-state index contributed by atoms with van der Waals surface area (Å²) in [7, 11) is 1.76. The highest BCUT2D eigenvalue weighted by atomic mass is 16.5. The topological polar surface area (TPSA) is 47.3 Å². The van der Waals surface area contributed by atoms with Crippen LogP contribution in [0.3, 0.4) is 0 Å². The summed E-state index contributed by atoms with van der Waals surface area (Å²) in [5.41, 5.74) is 2.85. The van der Waals surface area contributed by atoms with Gasteiger partial charge in [-0.1, -0.05) is 19.8 Å². The van der Waals surface area contributed by atoms with Gasteiger partial charge in [0.2, 0.25) is 0 Å². The average Bonchev–Trinajstić information content (AvgIpc) is 2.88. The largest absolute Gasteiger partial charge is 0.380 e. The summed E-state index contributed by atoms with van der Waals surface area (Å²) in [6, 6.07) is 0.340. The SMILES string of the molecule is CCC(OC)C(CC1CC1)NN. The third kappa shape index (κ3) is 2.73. The van der Waals surface area contributed by atoms with Crippen LogP contribution in [0, 0.1) is 5.92 Å². The van der Waals surface area contributed by atoms with E-state index in [1.54, 1.807) is 7.11 Å². The molecular weight excluding hydrogens is 152 g/mol. The van der Waals surface area contributed by atoms with E-state index in [0.29, 0.717) is 6.04 Å². The molecule has 3 heteroatoms. The predicted molar refractivity (Wildman–Crippen MR) is 49.5 cm³/mol. The number of nitrogens with one attached hydrogen (secondary N) is 1. The summed E-state index contributed by atoms with van der Waals surface area (Å²) >= 11 is 0. The quantitative estimate of drug-likeness (QED) is 0.465. The van der Waals surface area contributed by atoms with Crippen LogP contribution in [0.5, 0.6) is 0 Å². The number of rotatable bonds is 6. The van der Waals surface area contributed by atoms with Crippen LogP contribution >= 0.6 is 0 Å². The fourth-order valence-corrected chi connectivity index (χ4v) is 1.66. The van der Waals surface area contributed by atoms with Crippen molar-refractivity contribution in [3.8, 4) is 0 Å². The Balaban J connectivity index is 2.29. The average molecular weight is 172 g/mol. The van der Waals surface area contributed by atoms with Crippen molar-refractivity contribution in [2.24, 2.45) is 11.8 Å². The van der Waals surface area contributed by atoms with Crippen molar-refractivity contribution in [3.05, 3.63) is 0 Å². The highest BCUT2D eigenvalue weighted by Gasteiger charge is 2.28. The number of nitrogens with two attached hydrogens (primary N) is 1. The molecule has 0 heterocycles. The van der Waals surface area contributed by atoms with Gasteiger partial charge in [0.05, 0.1) is 6.10 Å². The Kier molecular flexibility index (Phi) is 3.98. The van der Waals surface area contributed by atoms with Gasteiger partial charge in [-0.3, -0.25) is 11.3 Å². The number of ether oxygens (including phenoxy) is 1. The lowest BCUT2D eigenvalue weighted by Gasteiger charge is -2.24. The van der Waals surface area contributed by atoms with E-state index in [0.717, 1.165) is 12.3 Å². The standard InChI is InChI=1S/C9H20N2O/c1-3-9(12-2)8(11-10)6-7-4-5-7/h7-9,11H,3-6,10H2,1-2H3. The van der Waals surface area contributed by atoms with Crippen LogP contribution in [0.1, 0.15) is 32.6 Å². The zero-order valence-electron chi connectivity index (χ0n) is 8.05. The molecule has 1 fully saturated rings. The van der Waals surface area contributed by atoms with Crippen molar-refractivity contribution in [2.75, 3.05) is 7.11 Å². The minimum Gasteiger partial charge on any atom is -0.380 e. The maximum atomic E-state index is 5.47. The van der Waals surface area contributed by atoms with Crippen molar-refractivity contribution >= 4 is 0 Å². The Morgan fingerprint density at radius 3 is 2.58 bits per heavy atom. The Morgan fingerprint density at radius 2 is 2.25 bits per heavy atom. The molecular formula is C9H20N2O. The molecule has 0 spiro atoms. The molecule has 1 rings (SSSR count). The van der Waals surface area contributed by atoms with Crippen LogP contribution < -0.4 is 11.3 Å². The molecule has 0 aliphatic heterocycles. The molecule has 0 aromatic carbocycles. The van der Waals surface area contributed by atoms with Crippen LogP contribution in [0.2, 0.25) is 0 Å². The molecule has 1 aliphatic carbocycles. The molecule has 2 unspecified atom stereocenters. The molecule has 3 N–H and O–H groups in total. The molecule has 1 saturated carbocycles. The van der Waals surface area contributed by atoms with Gasteiger partial charge in [-0.25, -0.2) is 0 Å². The van der Waals surface area contributed by atoms with E-state index in [2.05, 4.69) is 12.3 Å². The monoisotopic (exact) mass is 172 g/mol. The molecule has 0 saturated heterocycles. The maximum absolute atomic E-state index is 5.47. The third-order valence-corrected chi connectivity index (χ3v) is 2.65. The van der Waals surface area contributed by atoms with E-state index in [4.69, 9.17) is 10.6 Å². The van der Waals surface area contributed by atoms with E-state index in [1.165, 1.54) is 19.3 Å². The van der Waals surface area contributed by atoms with E-state index in [-0.39, 0.29) is 6.10 Å². The molecule has 0 aromatic rings. The Bertz CT molecular complexity index is 122. The van der Waals surface area contributed by atoms with Crippen LogP contribution in [0.25, 0.3) is 0 Å². The van der Waals surface area contributed by atoms with E-state index >= 15 is 0 Å². The summed E-state index contributed by atoms with van der Waals surface area (Å²) in [4.78, 5) is 0. The first-order valence-electron chi connectivity index (χ1n) is 4.80. The fraction of sp³-hybridized carbons (Fsp3) is 1.00. The van der Waals surface area contributed by atoms with Gasteiger partial charge in [-0.05, 0) is 18.8 Å². The summed E-state index contributed by atoms with van der Waals surface area (Å²) in [6.07, 6.45) is 5.22. The van der Waals surface area contributed by atoms with Gasteiger partial charge >= 0.3 is 0 Å². The van der Waals surface area contributed by atoms with E-state index in [1.807, 2.05) is 0 Å². The van der Waals surface area contributed by atoms with Crippen molar-refractivity contribution < 1.29 is 4.74 Å². The van der Waals surface area contributed by atoms with Gasteiger partial charge in [-0.15, -0.1) is 0 Å². The van der Waals surface area contributed by atoms with Gasteiger partial charge < -0.3 is 4.74 Å². The van der Waals surface area contributed by atoms with E-state index < -0.39 is 0 Å². The maximum Gasteiger partial charge on any atom is 0.0735 e. The Labute approximate surface area is 74.6 Å². The third-order valence-electron chi connectivity index (χ3n) is 2.65. The summed E-state index contributed by atoms with van der Waals surface area (Å²) in [6.45, 7) is 2.13. The second-order valence-corrected chi connectivity index (χ2v) is 3.63. The lowest BCUT2D eigenvalue weighted by Crippen LogP contribution is -2.44. The lowest BCUT2D eigenvalue weighted by atomic mass is 10.0. The highest BCUT2D eigenvalue weighted by Crippen LogP contribution is 2.34. The first kappa shape index (κ1) is 9.96. The van der Waals surface area contributed by atoms with Crippen molar-refractivity contribution in [1.29, 1.82) is 0 Å². The van der Waals surface area contributed by atoms with E-state index in [9.17, 15) is 0 Å². The number of hydrogen-bond acceptors (Lipinski definition) is 3. The summed E-state index contributed by atoms with van der Waals surface area (Å²) < 4.78 is 5.34. The normalized spacial score (nSPS) is 22.2. The first-order chi connectivity index (χ1) is 5.81. The minimum absolute atomic E-state index is 0.274. The van der Waals surface area contributed by atoms with Gasteiger partial charge in [0, 0.05) is 13.2 Å². The van der Waals surface area contributed by atoms with Gasteiger partial charge in [0.25, 0.3) is 0 Å². The zero-order valence-corrected chi connectivity index (χ0v) is 8.05. The fourth-order valence-electron chi connectivity index (χ4n) is 1.66. The molecule has 2 atom stereocenters. The lowest BCUT2D eigenvalue weighted by molar-refractivity contribution is 0.0607. The molecule has 0 bridgehead atoms. The molecule has 3 nitrogen and oxygen atoms in total. The number of methoxy groups -OCH3 is 1. The van der Waals surface area contributed by atoms with Gasteiger partial charge in [0.1, 0.15) is 0 Å².